The number of likely N-dealkylation sites (tertiary alicyclic amines) is 1. The smallest absolute Gasteiger partial charge is 0.405 e. The highest BCUT2D eigenvalue weighted by atomic mass is 19.4. The van der Waals surface area contributed by atoms with Gasteiger partial charge in [-0.15, -0.1) is 0 Å². The third kappa shape index (κ3) is 5.29. The number of hydrogen-bond acceptors (Lipinski definition) is 5. The Morgan fingerprint density at radius 2 is 1.78 bits per heavy atom. The fourth-order valence-corrected chi connectivity index (χ4v) is 5.54. The number of nitrogens with zero attached hydrogens (tertiary/aromatic N) is 3. The van der Waals surface area contributed by atoms with Crippen molar-refractivity contribution in [1.82, 2.24) is 15.2 Å². The summed E-state index contributed by atoms with van der Waals surface area (Å²) in [6, 6.07) is 12.5. The predicted octanol–water partition coefficient (Wildman–Crippen LogP) is 4.69. The summed E-state index contributed by atoms with van der Waals surface area (Å²) >= 11 is 0. The zero-order chi connectivity index (χ0) is 26.3. The summed E-state index contributed by atoms with van der Waals surface area (Å²) in [6.07, 6.45) is -4.00. The average Bonchev–Trinajstić information content (AvgIpc) is 3.50. The van der Waals surface area contributed by atoms with Gasteiger partial charge in [-0.05, 0) is 67.8 Å². The van der Waals surface area contributed by atoms with Crippen LogP contribution in [0.2, 0.25) is 0 Å². The van der Waals surface area contributed by atoms with Crippen LogP contribution in [0.15, 0.2) is 47.5 Å². The lowest BCUT2D eigenvalue weighted by atomic mass is 10.0. The fourth-order valence-electron chi connectivity index (χ4n) is 5.54. The second-order valence-corrected chi connectivity index (χ2v) is 9.98. The summed E-state index contributed by atoms with van der Waals surface area (Å²) in [5.41, 5.74) is 3.55. The van der Waals surface area contributed by atoms with Crippen molar-refractivity contribution in [2.75, 3.05) is 44.7 Å². The average molecular weight is 514 g/mol. The SMILES string of the molecule is CCC(=Nc1ccc(N2C[C@H]3CN(C)C[C@H]3C2)cc1)c1c(O)[nH]c2ccc(C(=O)NCC(F)(F)F)cc12. The molecule has 2 aromatic carbocycles. The van der Waals surface area contributed by atoms with Crippen molar-refractivity contribution in [2.24, 2.45) is 16.8 Å². The molecular formula is C27H30F3N5O2. The van der Waals surface area contributed by atoms with Crippen molar-refractivity contribution in [3.8, 4) is 5.88 Å². The molecule has 2 aliphatic rings. The van der Waals surface area contributed by atoms with Crippen LogP contribution in [0, 0.1) is 11.8 Å². The topological polar surface area (TPSA) is 84.0 Å². The van der Waals surface area contributed by atoms with E-state index in [0.29, 0.717) is 40.4 Å². The van der Waals surface area contributed by atoms with E-state index in [9.17, 15) is 23.1 Å². The van der Waals surface area contributed by atoms with Gasteiger partial charge in [0.05, 0.1) is 17.0 Å². The first kappa shape index (κ1) is 25.1. The number of nitrogens with one attached hydrogen (secondary N) is 2. The third-order valence-corrected chi connectivity index (χ3v) is 7.26. The lowest BCUT2D eigenvalue weighted by Crippen LogP contribution is -2.33. The summed E-state index contributed by atoms with van der Waals surface area (Å²) in [7, 11) is 2.18. The molecule has 10 heteroatoms. The minimum atomic E-state index is -4.50. The van der Waals surface area contributed by atoms with E-state index in [1.165, 1.54) is 17.8 Å². The highest BCUT2D eigenvalue weighted by Gasteiger charge is 2.38. The number of fused-ring (bicyclic) bond motifs is 2. The zero-order valence-electron chi connectivity index (χ0n) is 20.8. The maximum Gasteiger partial charge on any atom is 0.405 e. The molecule has 3 aromatic rings. The number of H-pyrrole nitrogens is 1. The van der Waals surface area contributed by atoms with E-state index in [-0.39, 0.29) is 11.4 Å². The van der Waals surface area contributed by atoms with Crippen molar-refractivity contribution >= 4 is 33.9 Å². The molecule has 0 bridgehead atoms. The second-order valence-electron chi connectivity index (χ2n) is 9.98. The van der Waals surface area contributed by atoms with Crippen LogP contribution in [-0.2, 0) is 0 Å². The van der Waals surface area contributed by atoms with E-state index in [1.807, 2.05) is 24.4 Å². The van der Waals surface area contributed by atoms with Crippen LogP contribution in [0.5, 0.6) is 5.88 Å². The number of aliphatic imine (C=N–C) groups is 1. The molecule has 0 spiro atoms. The standard InChI is InChI=1S/C27H30F3N5O2/c1-3-22(32-19-5-7-20(8-6-19)35-13-17-11-34(2)12-18(17)14-35)24-21-10-16(4-9-23(21)33-26(24)37)25(36)31-15-27(28,29)30/h4-10,17-18,33,37H,3,11-15H2,1-2H3,(H,31,36)/t17-,18+. The first-order valence-corrected chi connectivity index (χ1v) is 12.4. The fraction of sp³-hybridized carbons (Fsp3) is 0.407. The van der Waals surface area contributed by atoms with Crippen LogP contribution in [0.1, 0.15) is 29.3 Å². The number of aromatic nitrogens is 1. The van der Waals surface area contributed by atoms with Gasteiger partial charge < -0.3 is 25.2 Å². The normalized spacial score (nSPS) is 20.6. The molecular weight excluding hydrogens is 483 g/mol. The Balaban J connectivity index is 1.38. The molecule has 196 valence electrons. The van der Waals surface area contributed by atoms with Gasteiger partial charge in [-0.3, -0.25) is 9.79 Å². The summed E-state index contributed by atoms with van der Waals surface area (Å²) in [4.78, 5) is 24.7. The summed E-state index contributed by atoms with van der Waals surface area (Å²) in [5, 5.41) is 13.0. The lowest BCUT2D eigenvalue weighted by molar-refractivity contribution is -0.123. The maximum atomic E-state index is 12.5. The van der Waals surface area contributed by atoms with Crippen LogP contribution in [0.4, 0.5) is 24.5 Å². The third-order valence-electron chi connectivity index (χ3n) is 7.26. The molecule has 7 nitrogen and oxygen atoms in total. The van der Waals surface area contributed by atoms with E-state index >= 15 is 0 Å². The lowest BCUT2D eigenvalue weighted by Gasteiger charge is -2.21. The molecule has 3 N–H and O–H groups in total. The van der Waals surface area contributed by atoms with Gasteiger partial charge in [-0.25, -0.2) is 0 Å². The van der Waals surface area contributed by atoms with Crippen molar-refractivity contribution < 1.29 is 23.1 Å². The summed E-state index contributed by atoms with van der Waals surface area (Å²) < 4.78 is 37.6. The number of carbonyl (C=O) groups is 1. The second kappa shape index (κ2) is 9.74. The molecule has 1 amide bonds. The molecule has 2 fully saturated rings. The van der Waals surface area contributed by atoms with Gasteiger partial charge in [0.1, 0.15) is 6.54 Å². The van der Waals surface area contributed by atoms with Gasteiger partial charge in [0, 0.05) is 48.3 Å². The van der Waals surface area contributed by atoms with Crippen LogP contribution in [-0.4, -0.2) is 72.6 Å². The number of aromatic amines is 1. The monoisotopic (exact) mass is 513 g/mol. The molecule has 37 heavy (non-hydrogen) atoms. The number of amides is 1. The number of alkyl halides is 3. The van der Waals surface area contributed by atoms with E-state index in [0.717, 1.165) is 31.9 Å². The summed E-state index contributed by atoms with van der Waals surface area (Å²) in [6.45, 7) is 4.89. The molecule has 0 saturated carbocycles. The van der Waals surface area contributed by atoms with Gasteiger partial charge in [0.2, 0.25) is 0 Å². The minimum Gasteiger partial charge on any atom is -0.494 e. The largest absolute Gasteiger partial charge is 0.494 e. The van der Waals surface area contributed by atoms with Crippen molar-refractivity contribution in [2.45, 2.75) is 19.5 Å². The first-order chi connectivity index (χ1) is 17.6. The Hall–Kier alpha value is -3.53. The Morgan fingerprint density at radius 1 is 1.11 bits per heavy atom. The number of carbonyl (C=O) groups excluding carboxylic acids is 1. The number of anilines is 1. The number of halogens is 3. The molecule has 2 saturated heterocycles. The van der Waals surface area contributed by atoms with Gasteiger partial charge in [-0.2, -0.15) is 13.2 Å². The predicted molar refractivity (Wildman–Crippen MR) is 138 cm³/mol. The number of hydrogen-bond donors (Lipinski definition) is 3. The molecule has 5 rings (SSSR count). The quantitative estimate of drug-likeness (QED) is 0.418. The highest BCUT2D eigenvalue weighted by Crippen LogP contribution is 2.35. The molecule has 1 aromatic heterocycles. The number of rotatable bonds is 6. The van der Waals surface area contributed by atoms with E-state index in [1.54, 1.807) is 6.07 Å². The Bertz CT molecular complexity index is 1320. The Labute approximate surface area is 213 Å². The van der Waals surface area contributed by atoms with Crippen molar-refractivity contribution in [3.63, 3.8) is 0 Å². The van der Waals surface area contributed by atoms with Gasteiger partial charge in [0.25, 0.3) is 5.91 Å². The van der Waals surface area contributed by atoms with Crippen molar-refractivity contribution in [3.05, 3.63) is 53.6 Å². The molecule has 2 aliphatic heterocycles. The first-order valence-electron chi connectivity index (χ1n) is 12.4. The maximum absolute atomic E-state index is 12.5. The van der Waals surface area contributed by atoms with Crippen LogP contribution < -0.4 is 10.2 Å². The molecule has 2 atom stereocenters. The number of benzene rings is 2. The molecule has 0 aliphatic carbocycles. The molecule has 0 unspecified atom stereocenters. The summed E-state index contributed by atoms with van der Waals surface area (Å²) in [5.74, 6) is 0.474. The molecule has 0 radical (unpaired) electrons. The Kier molecular flexibility index (Phi) is 6.61. The van der Waals surface area contributed by atoms with Gasteiger partial charge in [-0.1, -0.05) is 6.92 Å². The van der Waals surface area contributed by atoms with Crippen molar-refractivity contribution in [1.29, 1.82) is 0 Å². The van der Waals surface area contributed by atoms with E-state index in [4.69, 9.17) is 4.99 Å². The minimum absolute atomic E-state index is 0.0679. The van der Waals surface area contributed by atoms with Crippen LogP contribution >= 0.6 is 0 Å². The van der Waals surface area contributed by atoms with Crippen LogP contribution in [0.3, 0.4) is 0 Å². The van der Waals surface area contributed by atoms with Gasteiger partial charge in [0.15, 0.2) is 5.88 Å². The van der Waals surface area contributed by atoms with E-state index in [2.05, 4.69) is 34.0 Å². The van der Waals surface area contributed by atoms with Gasteiger partial charge >= 0.3 is 6.18 Å². The highest BCUT2D eigenvalue weighted by molar-refractivity contribution is 6.14. The Morgan fingerprint density at radius 3 is 2.41 bits per heavy atom. The molecule has 3 heterocycles. The van der Waals surface area contributed by atoms with E-state index < -0.39 is 18.6 Å². The number of aromatic hydroxyl groups is 1. The zero-order valence-corrected chi connectivity index (χ0v) is 20.8. The van der Waals surface area contributed by atoms with Crippen LogP contribution in [0.25, 0.3) is 10.9 Å².